The Morgan fingerprint density at radius 2 is 1.77 bits per heavy atom. The Kier molecular flexibility index (Phi) is 6.87. The fraction of sp³-hybridized carbons (Fsp3) is 0.208. The molecule has 0 fully saturated rings. The quantitative estimate of drug-likeness (QED) is 0.428. The number of aromatic nitrogens is 1. The summed E-state index contributed by atoms with van der Waals surface area (Å²) < 4.78 is 7.43. The summed E-state index contributed by atoms with van der Waals surface area (Å²) in [6, 6.07) is 16.3. The summed E-state index contributed by atoms with van der Waals surface area (Å²) in [6.07, 6.45) is 1.61. The Morgan fingerprint density at radius 1 is 1.10 bits per heavy atom. The Bertz CT molecular complexity index is 1100. The van der Waals surface area contributed by atoms with Crippen LogP contribution in [0.15, 0.2) is 59.7 Å². The molecule has 31 heavy (non-hydrogen) atoms. The monoisotopic (exact) mass is 419 g/mol. The highest BCUT2D eigenvalue weighted by Gasteiger charge is 2.10. The molecule has 0 saturated heterocycles. The van der Waals surface area contributed by atoms with Gasteiger partial charge >= 0.3 is 5.97 Å². The molecule has 3 rings (SSSR count). The van der Waals surface area contributed by atoms with Crippen LogP contribution in [-0.2, 0) is 11.2 Å². The number of rotatable bonds is 8. The van der Waals surface area contributed by atoms with Crippen LogP contribution in [-0.4, -0.2) is 34.4 Å². The second-order valence-electron chi connectivity index (χ2n) is 7.06. The smallest absolute Gasteiger partial charge is 0.307 e. The molecule has 0 unspecified atom stereocenters. The first-order chi connectivity index (χ1) is 14.9. The van der Waals surface area contributed by atoms with Crippen molar-refractivity contribution in [3.05, 3.63) is 82.7 Å². The van der Waals surface area contributed by atoms with Gasteiger partial charge in [-0.3, -0.25) is 9.59 Å². The number of hydrogen-bond acceptors (Lipinski definition) is 4. The van der Waals surface area contributed by atoms with Gasteiger partial charge in [-0.2, -0.15) is 5.10 Å². The van der Waals surface area contributed by atoms with E-state index in [0.29, 0.717) is 17.9 Å². The number of benzene rings is 2. The second kappa shape index (κ2) is 9.75. The third-order valence-corrected chi connectivity index (χ3v) is 4.82. The first kappa shape index (κ1) is 21.8. The molecule has 1 heterocycles. The molecular formula is C24H25N3O4. The molecule has 0 atom stereocenters. The Hall–Kier alpha value is -3.87. The zero-order valence-corrected chi connectivity index (χ0v) is 17.8. The second-order valence-corrected chi connectivity index (χ2v) is 7.06. The van der Waals surface area contributed by atoms with Crippen LogP contribution in [0.2, 0.25) is 0 Å². The fourth-order valence-electron chi connectivity index (χ4n) is 3.35. The van der Waals surface area contributed by atoms with Crippen LogP contribution >= 0.6 is 0 Å². The average Bonchev–Trinajstić information content (AvgIpc) is 3.02. The summed E-state index contributed by atoms with van der Waals surface area (Å²) in [4.78, 5) is 23.1. The first-order valence-corrected chi connectivity index (χ1v) is 9.95. The molecule has 0 aliphatic carbocycles. The Morgan fingerprint density at radius 3 is 2.39 bits per heavy atom. The third kappa shape index (κ3) is 5.39. The molecule has 3 aromatic rings. The minimum Gasteiger partial charge on any atom is -0.494 e. The molecular weight excluding hydrogens is 394 g/mol. The molecule has 7 nitrogen and oxygen atoms in total. The number of carboxylic acid groups (broad SMARTS) is 1. The van der Waals surface area contributed by atoms with Crippen molar-refractivity contribution < 1.29 is 19.4 Å². The molecule has 2 N–H and O–H groups in total. The summed E-state index contributed by atoms with van der Waals surface area (Å²) in [5.74, 6) is -0.444. The van der Waals surface area contributed by atoms with Crippen molar-refractivity contribution in [2.75, 3.05) is 6.61 Å². The van der Waals surface area contributed by atoms with Gasteiger partial charge in [0.05, 0.1) is 19.2 Å². The highest BCUT2D eigenvalue weighted by molar-refractivity contribution is 5.95. The predicted octanol–water partition coefficient (Wildman–Crippen LogP) is 3.88. The lowest BCUT2D eigenvalue weighted by Crippen LogP contribution is -2.17. The van der Waals surface area contributed by atoms with Crippen LogP contribution < -0.4 is 10.2 Å². The zero-order chi connectivity index (χ0) is 22.4. The van der Waals surface area contributed by atoms with Crippen molar-refractivity contribution in [3.63, 3.8) is 0 Å². The molecule has 0 spiro atoms. The topological polar surface area (TPSA) is 92.9 Å². The van der Waals surface area contributed by atoms with E-state index < -0.39 is 5.97 Å². The summed E-state index contributed by atoms with van der Waals surface area (Å²) in [5, 5.41) is 13.0. The molecule has 0 saturated carbocycles. The number of carbonyl (C=O) groups excluding carboxylic acids is 1. The van der Waals surface area contributed by atoms with Gasteiger partial charge in [-0.05, 0) is 68.8 Å². The average molecular weight is 419 g/mol. The van der Waals surface area contributed by atoms with Gasteiger partial charge in [0.2, 0.25) is 0 Å². The number of carbonyl (C=O) groups is 2. The summed E-state index contributed by atoms with van der Waals surface area (Å²) >= 11 is 0. The molecule has 1 aromatic heterocycles. The normalized spacial score (nSPS) is 10.9. The lowest BCUT2D eigenvalue weighted by atomic mass is 10.1. The van der Waals surface area contributed by atoms with Crippen LogP contribution in [0.3, 0.4) is 0 Å². The summed E-state index contributed by atoms with van der Waals surface area (Å²) in [7, 11) is 0. The maximum absolute atomic E-state index is 12.3. The molecule has 7 heteroatoms. The SMILES string of the molecule is CCOc1ccc(C(=O)N/N=C/c2cc(C)n(-c3ccc(CC(=O)O)cc3)c2C)cc1. The van der Waals surface area contributed by atoms with E-state index in [1.165, 1.54) is 0 Å². The van der Waals surface area contributed by atoms with E-state index in [-0.39, 0.29) is 12.3 Å². The molecule has 0 aliphatic rings. The van der Waals surface area contributed by atoms with E-state index in [2.05, 4.69) is 15.1 Å². The van der Waals surface area contributed by atoms with E-state index in [1.54, 1.807) is 30.5 Å². The van der Waals surface area contributed by atoms with Crippen molar-refractivity contribution in [1.82, 2.24) is 9.99 Å². The van der Waals surface area contributed by atoms with Crippen LogP contribution in [0, 0.1) is 13.8 Å². The lowest BCUT2D eigenvalue weighted by Gasteiger charge is -2.10. The standard InChI is InChI=1S/C24H25N3O4/c1-4-31-22-11-7-19(8-12-22)24(30)26-25-15-20-13-16(2)27(17(20)3)21-9-5-18(6-10-21)14-23(28)29/h5-13,15H,4,14H2,1-3H3,(H,26,30)(H,28,29)/b25-15+. The minimum absolute atomic E-state index is 0.00408. The number of hydrogen-bond donors (Lipinski definition) is 2. The van der Waals surface area contributed by atoms with E-state index in [9.17, 15) is 9.59 Å². The lowest BCUT2D eigenvalue weighted by molar-refractivity contribution is -0.136. The van der Waals surface area contributed by atoms with Gasteiger partial charge in [0.1, 0.15) is 5.75 Å². The minimum atomic E-state index is -0.855. The molecule has 0 bridgehead atoms. The van der Waals surface area contributed by atoms with Crippen LogP contribution in [0.25, 0.3) is 5.69 Å². The highest BCUT2D eigenvalue weighted by atomic mass is 16.5. The van der Waals surface area contributed by atoms with Gasteiger partial charge in [0, 0.05) is 28.2 Å². The van der Waals surface area contributed by atoms with E-state index in [4.69, 9.17) is 9.84 Å². The number of carboxylic acids is 1. The third-order valence-electron chi connectivity index (χ3n) is 4.82. The molecule has 0 radical (unpaired) electrons. The zero-order valence-electron chi connectivity index (χ0n) is 17.8. The number of hydrazone groups is 1. The number of nitrogens with one attached hydrogen (secondary N) is 1. The highest BCUT2D eigenvalue weighted by Crippen LogP contribution is 2.20. The van der Waals surface area contributed by atoms with Crippen molar-refractivity contribution in [2.24, 2.45) is 5.10 Å². The van der Waals surface area contributed by atoms with Gasteiger partial charge < -0.3 is 14.4 Å². The van der Waals surface area contributed by atoms with Gasteiger partial charge in [0.25, 0.3) is 5.91 Å². The number of nitrogens with zero attached hydrogens (tertiary/aromatic N) is 2. The molecule has 160 valence electrons. The van der Waals surface area contributed by atoms with Gasteiger partial charge in [0.15, 0.2) is 0 Å². The maximum Gasteiger partial charge on any atom is 0.307 e. The van der Waals surface area contributed by atoms with Gasteiger partial charge in [-0.1, -0.05) is 12.1 Å². The number of aliphatic carboxylic acids is 1. The predicted molar refractivity (Wildman–Crippen MR) is 119 cm³/mol. The van der Waals surface area contributed by atoms with Crippen molar-refractivity contribution in [2.45, 2.75) is 27.2 Å². The summed E-state index contributed by atoms with van der Waals surface area (Å²) in [6.45, 7) is 6.42. The van der Waals surface area contributed by atoms with Gasteiger partial charge in [-0.15, -0.1) is 0 Å². The van der Waals surface area contributed by atoms with Crippen LogP contribution in [0.1, 0.15) is 39.8 Å². The Balaban J connectivity index is 1.70. The van der Waals surface area contributed by atoms with Crippen molar-refractivity contribution >= 4 is 18.1 Å². The summed E-state index contributed by atoms with van der Waals surface area (Å²) in [5.41, 5.74) is 7.56. The maximum atomic E-state index is 12.3. The van der Waals surface area contributed by atoms with Crippen molar-refractivity contribution in [1.29, 1.82) is 0 Å². The van der Waals surface area contributed by atoms with E-state index in [1.807, 2.05) is 51.1 Å². The number of aryl methyl sites for hydroxylation is 1. The van der Waals surface area contributed by atoms with Crippen LogP contribution in [0.4, 0.5) is 0 Å². The molecule has 0 aliphatic heterocycles. The molecule has 2 aromatic carbocycles. The largest absolute Gasteiger partial charge is 0.494 e. The van der Waals surface area contributed by atoms with Crippen LogP contribution in [0.5, 0.6) is 5.75 Å². The first-order valence-electron chi connectivity index (χ1n) is 9.95. The Labute approximate surface area is 181 Å². The number of amides is 1. The fourth-order valence-corrected chi connectivity index (χ4v) is 3.35. The van der Waals surface area contributed by atoms with E-state index in [0.717, 1.165) is 28.2 Å². The van der Waals surface area contributed by atoms with E-state index >= 15 is 0 Å². The molecule has 1 amide bonds. The number of ether oxygens (including phenoxy) is 1. The van der Waals surface area contributed by atoms with Crippen molar-refractivity contribution in [3.8, 4) is 11.4 Å². The van der Waals surface area contributed by atoms with Gasteiger partial charge in [-0.25, -0.2) is 5.43 Å².